The zero-order chi connectivity index (χ0) is 15.3. The summed E-state index contributed by atoms with van der Waals surface area (Å²) in [5, 5.41) is 9.11. The van der Waals surface area contributed by atoms with Crippen LogP contribution in [0.4, 0.5) is 5.69 Å². The van der Waals surface area contributed by atoms with Crippen LogP contribution in [0.1, 0.15) is 11.1 Å². The second-order valence-electron chi connectivity index (χ2n) is 4.83. The molecule has 0 atom stereocenters. The van der Waals surface area contributed by atoms with E-state index in [4.69, 9.17) is 5.73 Å². The number of nitrogens with two attached hydrogens (primary N) is 1. The Balaban J connectivity index is 2.27. The first-order valence-corrected chi connectivity index (χ1v) is 8.54. The molecule has 0 unspecified atom stereocenters. The van der Waals surface area contributed by atoms with Crippen molar-refractivity contribution in [2.75, 3.05) is 5.73 Å². The maximum atomic E-state index is 5.99. The van der Waals surface area contributed by atoms with Crippen molar-refractivity contribution >= 4 is 64.5 Å². The van der Waals surface area contributed by atoms with E-state index in [2.05, 4.69) is 70.1 Å². The summed E-state index contributed by atoms with van der Waals surface area (Å²) in [6.45, 7) is 4.08. The van der Waals surface area contributed by atoms with Crippen molar-refractivity contribution in [1.82, 2.24) is 15.0 Å². The number of hydrogen-bond donors (Lipinski definition) is 1. The predicted molar refractivity (Wildman–Crippen MR) is 95.9 cm³/mol. The van der Waals surface area contributed by atoms with Crippen LogP contribution in [0.15, 0.2) is 31.6 Å². The van der Waals surface area contributed by atoms with Gasteiger partial charge in [-0.05, 0) is 75.0 Å². The number of benzene rings is 2. The van der Waals surface area contributed by atoms with E-state index in [1.807, 2.05) is 19.9 Å². The zero-order valence-electron chi connectivity index (χ0n) is 11.3. The van der Waals surface area contributed by atoms with Crippen molar-refractivity contribution in [3.63, 3.8) is 0 Å². The van der Waals surface area contributed by atoms with Crippen molar-refractivity contribution in [2.24, 2.45) is 0 Å². The second-order valence-corrected chi connectivity index (χ2v) is 7.33. The highest BCUT2D eigenvalue weighted by atomic mass is 79.9. The first kappa shape index (κ1) is 15.0. The van der Waals surface area contributed by atoms with E-state index < -0.39 is 0 Å². The number of halogens is 3. The summed E-state index contributed by atoms with van der Waals surface area (Å²) in [6, 6.07) is 6.00. The summed E-state index contributed by atoms with van der Waals surface area (Å²) in [6.07, 6.45) is 0. The molecule has 0 fully saturated rings. The molecule has 0 amide bonds. The molecule has 0 aliphatic carbocycles. The van der Waals surface area contributed by atoms with Crippen LogP contribution in [0.5, 0.6) is 0 Å². The third kappa shape index (κ3) is 2.51. The van der Waals surface area contributed by atoms with Crippen molar-refractivity contribution in [2.45, 2.75) is 13.8 Å². The fourth-order valence-electron chi connectivity index (χ4n) is 2.09. The molecule has 2 aromatic carbocycles. The quantitative estimate of drug-likeness (QED) is 0.510. The number of aryl methyl sites for hydroxylation is 2. The minimum atomic E-state index is 0.623. The van der Waals surface area contributed by atoms with Crippen LogP contribution in [0.3, 0.4) is 0 Å². The highest BCUT2D eigenvalue weighted by Gasteiger charge is 2.14. The summed E-state index contributed by atoms with van der Waals surface area (Å²) in [5.74, 6) is 0. The fourth-order valence-corrected chi connectivity index (χ4v) is 3.73. The molecule has 0 bridgehead atoms. The van der Waals surface area contributed by atoms with E-state index in [0.717, 1.165) is 41.3 Å². The van der Waals surface area contributed by atoms with Gasteiger partial charge in [-0.1, -0.05) is 15.9 Å². The maximum Gasteiger partial charge on any atom is 0.130 e. The van der Waals surface area contributed by atoms with Gasteiger partial charge in [-0.25, -0.2) is 0 Å². The molecule has 3 rings (SSSR count). The highest BCUT2D eigenvalue weighted by Crippen LogP contribution is 2.34. The van der Waals surface area contributed by atoms with Gasteiger partial charge in [0, 0.05) is 8.95 Å². The van der Waals surface area contributed by atoms with Gasteiger partial charge < -0.3 is 5.73 Å². The number of hydrogen-bond acceptors (Lipinski definition) is 3. The monoisotopic (exact) mass is 472 g/mol. The third-order valence-electron chi connectivity index (χ3n) is 3.30. The Labute approximate surface area is 147 Å². The van der Waals surface area contributed by atoms with Gasteiger partial charge in [0.25, 0.3) is 0 Å². The molecule has 0 radical (unpaired) electrons. The number of rotatable bonds is 1. The normalized spacial score (nSPS) is 11.3. The number of anilines is 1. The summed E-state index contributed by atoms with van der Waals surface area (Å²) in [7, 11) is 0. The molecule has 1 heterocycles. The van der Waals surface area contributed by atoms with E-state index in [1.165, 1.54) is 0 Å². The zero-order valence-corrected chi connectivity index (χ0v) is 16.0. The van der Waals surface area contributed by atoms with E-state index in [-0.39, 0.29) is 0 Å². The van der Waals surface area contributed by atoms with Gasteiger partial charge in [0.2, 0.25) is 0 Å². The molecule has 2 N–H and O–H groups in total. The van der Waals surface area contributed by atoms with E-state index in [1.54, 1.807) is 4.80 Å². The summed E-state index contributed by atoms with van der Waals surface area (Å²) < 4.78 is 2.64. The van der Waals surface area contributed by atoms with Crippen LogP contribution >= 0.6 is 47.8 Å². The van der Waals surface area contributed by atoms with Crippen LogP contribution < -0.4 is 5.73 Å². The second kappa shape index (κ2) is 5.37. The molecule has 0 spiro atoms. The van der Waals surface area contributed by atoms with Crippen molar-refractivity contribution in [3.8, 4) is 5.69 Å². The third-order valence-corrected chi connectivity index (χ3v) is 5.61. The largest absolute Gasteiger partial charge is 0.397 e. The van der Waals surface area contributed by atoms with Crippen LogP contribution in [-0.2, 0) is 0 Å². The molecule has 108 valence electrons. The number of nitrogens with zero attached hydrogens (tertiary/aromatic N) is 3. The van der Waals surface area contributed by atoms with Crippen molar-refractivity contribution in [3.05, 3.63) is 42.7 Å². The smallest absolute Gasteiger partial charge is 0.130 e. The molecule has 4 nitrogen and oxygen atoms in total. The summed E-state index contributed by atoms with van der Waals surface area (Å²) in [5.41, 5.74) is 11.3. The van der Waals surface area contributed by atoms with Crippen LogP contribution in [0.25, 0.3) is 16.7 Å². The van der Waals surface area contributed by atoms with Gasteiger partial charge in [-0.3, -0.25) is 0 Å². The van der Waals surface area contributed by atoms with Crippen molar-refractivity contribution in [1.29, 1.82) is 0 Å². The van der Waals surface area contributed by atoms with Gasteiger partial charge >= 0.3 is 0 Å². The average Bonchev–Trinajstić information content (AvgIpc) is 2.84. The minimum Gasteiger partial charge on any atom is -0.397 e. The number of aromatic nitrogens is 3. The number of nitrogen functional groups attached to an aromatic ring is 1. The molecule has 0 saturated heterocycles. The summed E-state index contributed by atoms with van der Waals surface area (Å²) >= 11 is 10.5. The Kier molecular flexibility index (Phi) is 3.83. The molecule has 1 aromatic heterocycles. The van der Waals surface area contributed by atoms with Crippen molar-refractivity contribution < 1.29 is 0 Å². The van der Waals surface area contributed by atoms with E-state index in [9.17, 15) is 0 Å². The average molecular weight is 475 g/mol. The Morgan fingerprint density at radius 1 is 0.952 bits per heavy atom. The number of fused-ring (bicyclic) bond motifs is 1. The minimum absolute atomic E-state index is 0.623. The van der Waals surface area contributed by atoms with E-state index in [0.29, 0.717) is 5.69 Å². The standard InChI is InChI=1S/C14H11Br3N4/c1-6-4-11(7(2)3-8(6)15)21-19-10-5-9(16)13(18)12(17)14(10)20-21/h3-5H,18H2,1-2H3. The Bertz CT molecular complexity index is 871. The summed E-state index contributed by atoms with van der Waals surface area (Å²) in [4.78, 5) is 1.65. The molecule has 0 saturated carbocycles. The molecule has 21 heavy (non-hydrogen) atoms. The SMILES string of the molecule is Cc1cc(-n2nc3cc(Br)c(N)c(Br)c3n2)c(C)cc1Br. The topological polar surface area (TPSA) is 56.7 Å². The molecule has 0 aliphatic heterocycles. The molecule has 0 aliphatic rings. The lowest BCUT2D eigenvalue weighted by atomic mass is 10.1. The van der Waals surface area contributed by atoms with Crippen LogP contribution in [0, 0.1) is 13.8 Å². The van der Waals surface area contributed by atoms with Gasteiger partial charge in [0.05, 0.1) is 15.8 Å². The lowest BCUT2D eigenvalue weighted by Gasteiger charge is -2.07. The Morgan fingerprint density at radius 2 is 1.67 bits per heavy atom. The first-order valence-electron chi connectivity index (χ1n) is 6.16. The molecule has 3 aromatic rings. The van der Waals surface area contributed by atoms with Gasteiger partial charge in [-0.2, -0.15) is 4.80 Å². The molecular weight excluding hydrogens is 464 g/mol. The van der Waals surface area contributed by atoms with Gasteiger partial charge in [0.1, 0.15) is 11.0 Å². The molecule has 7 heteroatoms. The fraction of sp³-hybridized carbons (Fsp3) is 0.143. The van der Waals surface area contributed by atoms with Crippen LogP contribution in [-0.4, -0.2) is 15.0 Å². The van der Waals surface area contributed by atoms with E-state index >= 15 is 0 Å². The lowest BCUT2D eigenvalue weighted by molar-refractivity contribution is 0.759. The maximum absolute atomic E-state index is 5.99. The van der Waals surface area contributed by atoms with Gasteiger partial charge in [0.15, 0.2) is 0 Å². The lowest BCUT2D eigenvalue weighted by Crippen LogP contribution is -2.02. The predicted octanol–water partition coefficient (Wildman–Crippen LogP) is 4.91. The Hall–Kier alpha value is -0.920. The highest BCUT2D eigenvalue weighted by molar-refractivity contribution is 9.11. The Morgan fingerprint density at radius 3 is 2.38 bits per heavy atom. The van der Waals surface area contributed by atoms with Gasteiger partial charge in [-0.15, -0.1) is 10.2 Å². The van der Waals surface area contributed by atoms with Crippen LogP contribution in [0.2, 0.25) is 0 Å². The first-order chi connectivity index (χ1) is 9.88. The molecular formula is C14H11Br3N4.